The number of pyridine rings is 1. The van der Waals surface area contributed by atoms with Crippen LogP contribution in [0.1, 0.15) is 23.3 Å². The maximum atomic E-state index is 13.0. The fourth-order valence-electron chi connectivity index (χ4n) is 5.12. The number of likely N-dealkylation sites (tertiary alicyclic amines) is 1. The molecule has 3 fully saturated rings. The number of nitrogens with one attached hydrogen (secondary N) is 1. The normalized spacial score (nSPS) is 33.6. The van der Waals surface area contributed by atoms with Crippen LogP contribution in [0.25, 0.3) is 11.0 Å². The Bertz CT molecular complexity index is 834. The van der Waals surface area contributed by atoms with Crippen molar-refractivity contribution in [3.05, 3.63) is 24.0 Å². The number of hydrogen-bond acceptors (Lipinski definition) is 5. The Morgan fingerprint density at radius 1 is 1.48 bits per heavy atom. The summed E-state index contributed by atoms with van der Waals surface area (Å²) in [6.45, 7) is 2.49. The molecule has 0 saturated carbocycles. The molecule has 2 aromatic rings. The Hall–Kier alpha value is -1.99. The summed E-state index contributed by atoms with van der Waals surface area (Å²) in [6.07, 6.45) is 4.27. The molecule has 132 valence electrons. The highest BCUT2D eigenvalue weighted by atomic mass is 16.5. The van der Waals surface area contributed by atoms with Crippen LogP contribution in [0.4, 0.5) is 0 Å². The number of hydrogen-bond donors (Lipinski definition) is 1. The number of rotatable bonds is 3. The molecule has 1 N–H and O–H groups in total. The van der Waals surface area contributed by atoms with E-state index in [1.807, 2.05) is 11.0 Å². The maximum absolute atomic E-state index is 13.0. The van der Waals surface area contributed by atoms with Crippen LogP contribution in [-0.4, -0.2) is 76.3 Å². The molecule has 0 unspecified atom stereocenters. The summed E-state index contributed by atoms with van der Waals surface area (Å²) in [4.78, 5) is 21.6. The van der Waals surface area contributed by atoms with E-state index in [1.165, 1.54) is 0 Å². The second-order valence-corrected chi connectivity index (χ2v) is 7.98. The highest BCUT2D eigenvalue weighted by Gasteiger charge is 2.63. The molecule has 7 heteroatoms. The molecule has 0 aliphatic carbocycles. The van der Waals surface area contributed by atoms with Crippen LogP contribution in [0.3, 0.4) is 0 Å². The van der Waals surface area contributed by atoms with Gasteiger partial charge in [0, 0.05) is 30.3 Å². The van der Waals surface area contributed by atoms with Crippen LogP contribution in [0.5, 0.6) is 0 Å². The lowest BCUT2D eigenvalue weighted by Crippen LogP contribution is -2.40. The van der Waals surface area contributed by atoms with Crippen LogP contribution in [-0.2, 0) is 4.74 Å². The second kappa shape index (κ2) is 5.25. The molecule has 25 heavy (non-hydrogen) atoms. The number of amides is 1. The van der Waals surface area contributed by atoms with Crippen molar-refractivity contribution >= 4 is 16.9 Å². The quantitative estimate of drug-likeness (QED) is 0.906. The second-order valence-electron chi connectivity index (χ2n) is 7.98. The maximum Gasteiger partial charge on any atom is 0.272 e. The molecular formula is C18H23N5O2. The van der Waals surface area contributed by atoms with Gasteiger partial charge in [0.15, 0.2) is 5.65 Å². The molecule has 3 aliphatic heterocycles. The van der Waals surface area contributed by atoms with E-state index < -0.39 is 0 Å². The summed E-state index contributed by atoms with van der Waals surface area (Å²) in [5.74, 6) is 0.953. The highest BCUT2D eigenvalue weighted by molar-refractivity contribution is 5.94. The zero-order valence-corrected chi connectivity index (χ0v) is 14.6. The highest BCUT2D eigenvalue weighted by Crippen LogP contribution is 2.55. The minimum Gasteiger partial charge on any atom is -0.369 e. The molecule has 2 bridgehead atoms. The van der Waals surface area contributed by atoms with Gasteiger partial charge < -0.3 is 14.5 Å². The molecule has 3 aliphatic rings. The van der Waals surface area contributed by atoms with Crippen LogP contribution < -0.4 is 0 Å². The Morgan fingerprint density at radius 3 is 3.20 bits per heavy atom. The van der Waals surface area contributed by atoms with Gasteiger partial charge >= 0.3 is 0 Å². The average molecular weight is 341 g/mol. The van der Waals surface area contributed by atoms with Crippen molar-refractivity contribution in [1.29, 1.82) is 0 Å². The zero-order valence-electron chi connectivity index (χ0n) is 14.6. The number of nitrogens with zero attached hydrogens (tertiary/aromatic N) is 4. The average Bonchev–Trinajstić information content (AvgIpc) is 3.33. The van der Waals surface area contributed by atoms with Gasteiger partial charge in [0.2, 0.25) is 0 Å². The SMILES string of the molecule is CN(C)C[C@H]1[C@@H]2CC[C@@]3(CN(C(=O)c4ccc5cn[nH]c5n4)C[C@@H]13)O2. The Kier molecular flexibility index (Phi) is 3.21. The van der Waals surface area contributed by atoms with E-state index in [1.54, 1.807) is 12.3 Å². The fourth-order valence-corrected chi connectivity index (χ4v) is 5.12. The van der Waals surface area contributed by atoms with E-state index in [0.717, 1.165) is 31.3 Å². The van der Waals surface area contributed by atoms with Crippen LogP contribution in [0.2, 0.25) is 0 Å². The van der Waals surface area contributed by atoms with Gasteiger partial charge in [-0.15, -0.1) is 0 Å². The summed E-state index contributed by atoms with van der Waals surface area (Å²) < 4.78 is 6.41. The van der Waals surface area contributed by atoms with Crippen molar-refractivity contribution < 1.29 is 9.53 Å². The fraction of sp³-hybridized carbons (Fsp3) is 0.611. The summed E-state index contributed by atoms with van der Waals surface area (Å²) in [7, 11) is 4.22. The molecule has 1 spiro atoms. The standard InChI is InChI=1S/C18H23N5O2/c1-22(2)8-12-13-9-23(10-18(13)6-5-15(12)25-18)17(24)14-4-3-11-7-19-21-16(11)20-14/h3-4,7,12-13,15H,5-6,8-10H2,1-2H3,(H,19,20,21)/t12-,13+,15+,18+/m1/s1. The number of H-pyrrole nitrogens is 1. The molecule has 4 atom stereocenters. The molecule has 7 nitrogen and oxygen atoms in total. The number of aromatic nitrogens is 3. The van der Waals surface area contributed by atoms with Crippen molar-refractivity contribution in [3.63, 3.8) is 0 Å². The summed E-state index contributed by atoms with van der Waals surface area (Å²) >= 11 is 0. The first-order valence-corrected chi connectivity index (χ1v) is 8.98. The number of carbonyl (C=O) groups is 1. The largest absolute Gasteiger partial charge is 0.369 e. The molecular weight excluding hydrogens is 318 g/mol. The minimum absolute atomic E-state index is 0.00377. The lowest BCUT2D eigenvalue weighted by Gasteiger charge is -2.30. The number of aromatic amines is 1. The third-order valence-corrected chi connectivity index (χ3v) is 6.17. The third-order valence-electron chi connectivity index (χ3n) is 6.17. The van der Waals surface area contributed by atoms with Gasteiger partial charge in [-0.25, -0.2) is 4.98 Å². The lowest BCUT2D eigenvalue weighted by molar-refractivity contribution is 0.00251. The zero-order chi connectivity index (χ0) is 17.2. The van der Waals surface area contributed by atoms with E-state index in [4.69, 9.17) is 4.74 Å². The van der Waals surface area contributed by atoms with Crippen molar-refractivity contribution in [2.45, 2.75) is 24.5 Å². The van der Waals surface area contributed by atoms with E-state index in [2.05, 4.69) is 34.2 Å². The van der Waals surface area contributed by atoms with Gasteiger partial charge in [0.25, 0.3) is 5.91 Å². The van der Waals surface area contributed by atoms with E-state index >= 15 is 0 Å². The van der Waals surface area contributed by atoms with Gasteiger partial charge in [-0.2, -0.15) is 5.10 Å². The van der Waals surface area contributed by atoms with Crippen molar-refractivity contribution in [2.75, 3.05) is 33.7 Å². The molecule has 0 aromatic carbocycles. The first-order chi connectivity index (χ1) is 12.1. The van der Waals surface area contributed by atoms with Gasteiger partial charge in [-0.3, -0.25) is 9.89 Å². The summed E-state index contributed by atoms with van der Waals surface area (Å²) in [6, 6.07) is 3.69. The van der Waals surface area contributed by atoms with Crippen molar-refractivity contribution in [1.82, 2.24) is 25.0 Å². The number of carbonyl (C=O) groups excluding carboxylic acids is 1. The molecule has 5 heterocycles. The van der Waals surface area contributed by atoms with Crippen LogP contribution >= 0.6 is 0 Å². The van der Waals surface area contributed by atoms with E-state index in [9.17, 15) is 4.79 Å². The molecule has 1 amide bonds. The Balaban J connectivity index is 1.40. The first kappa shape index (κ1) is 15.3. The number of fused-ring (bicyclic) bond motifs is 2. The summed E-state index contributed by atoms with van der Waals surface area (Å²) in [5, 5.41) is 7.73. The molecule has 2 aromatic heterocycles. The smallest absolute Gasteiger partial charge is 0.272 e. The van der Waals surface area contributed by atoms with Crippen LogP contribution in [0, 0.1) is 11.8 Å². The predicted octanol–water partition coefficient (Wildman–Crippen LogP) is 1.14. The van der Waals surface area contributed by atoms with Crippen molar-refractivity contribution in [3.8, 4) is 0 Å². The topological polar surface area (TPSA) is 74.4 Å². The van der Waals surface area contributed by atoms with Gasteiger partial charge in [0.1, 0.15) is 5.69 Å². The monoisotopic (exact) mass is 341 g/mol. The van der Waals surface area contributed by atoms with Gasteiger partial charge in [-0.1, -0.05) is 0 Å². The number of ether oxygens (including phenoxy) is 1. The lowest BCUT2D eigenvalue weighted by atomic mass is 9.73. The van der Waals surface area contributed by atoms with Gasteiger partial charge in [-0.05, 0) is 39.1 Å². The molecule has 5 rings (SSSR count). The van der Waals surface area contributed by atoms with E-state index in [-0.39, 0.29) is 11.5 Å². The van der Waals surface area contributed by atoms with Crippen LogP contribution in [0.15, 0.2) is 18.3 Å². The molecule has 3 saturated heterocycles. The van der Waals surface area contributed by atoms with E-state index in [0.29, 0.717) is 35.8 Å². The van der Waals surface area contributed by atoms with Crippen molar-refractivity contribution in [2.24, 2.45) is 11.8 Å². The minimum atomic E-state index is -0.126. The first-order valence-electron chi connectivity index (χ1n) is 8.98. The third kappa shape index (κ3) is 2.22. The predicted molar refractivity (Wildman–Crippen MR) is 92.2 cm³/mol. The van der Waals surface area contributed by atoms with Gasteiger partial charge in [0.05, 0.1) is 24.4 Å². The Labute approximate surface area is 146 Å². The molecule has 0 radical (unpaired) electrons. The summed E-state index contributed by atoms with van der Waals surface area (Å²) in [5.41, 5.74) is 1.01. The Morgan fingerprint density at radius 2 is 2.36 bits per heavy atom.